The third-order valence-electron chi connectivity index (χ3n) is 5.36. The molecule has 2 aliphatic heterocycles. The smallest absolute Gasteiger partial charge is 0.106 e. The van der Waals surface area contributed by atoms with Gasteiger partial charge in [0, 0.05) is 58.4 Å². The van der Waals surface area contributed by atoms with Gasteiger partial charge >= 0.3 is 0 Å². The molecule has 3 rings (SSSR count). The number of nitrogens with zero attached hydrogens (tertiary/aromatic N) is 4. The van der Waals surface area contributed by atoms with Crippen LogP contribution in [-0.4, -0.2) is 113 Å². The van der Waals surface area contributed by atoms with Gasteiger partial charge in [-0.25, -0.2) is 0 Å². The van der Waals surface area contributed by atoms with Gasteiger partial charge in [0.15, 0.2) is 0 Å². The minimum absolute atomic E-state index is 0.933. The Morgan fingerprint density at radius 3 is 1.24 bits per heavy atom. The Morgan fingerprint density at radius 1 is 0.560 bits per heavy atom. The van der Waals surface area contributed by atoms with Crippen molar-refractivity contribution in [3.8, 4) is 0 Å². The van der Waals surface area contributed by atoms with Gasteiger partial charge < -0.3 is 24.3 Å². The first kappa shape index (κ1) is 24.2. The summed E-state index contributed by atoms with van der Waals surface area (Å²) < 4.78 is 0. The average Bonchev–Trinajstić information content (AvgIpc) is 2.69. The minimum Gasteiger partial charge on any atom is -0.307 e. The van der Waals surface area contributed by atoms with Crippen LogP contribution in [0, 0.1) is 0 Å². The molecule has 148 valence electrons. The molecule has 0 radical (unpaired) electrons. The molecule has 25 heavy (non-hydrogen) atoms. The summed E-state index contributed by atoms with van der Waals surface area (Å²) in [5.41, 5.74) is 0. The van der Waals surface area contributed by atoms with Gasteiger partial charge in [-0.2, -0.15) is 0 Å². The fraction of sp³-hybridized carbons (Fsp3) is 0.895. The molecule has 3 aliphatic rings. The fourth-order valence-corrected chi connectivity index (χ4v) is 3.54. The Labute approximate surface area is 155 Å². The van der Waals surface area contributed by atoms with Crippen LogP contribution in [0.5, 0.6) is 0 Å². The van der Waals surface area contributed by atoms with Crippen molar-refractivity contribution in [3.05, 3.63) is 0 Å². The molecule has 0 spiro atoms. The number of rotatable bonds is 1. The summed E-state index contributed by atoms with van der Waals surface area (Å²) >= 11 is 0. The predicted molar refractivity (Wildman–Crippen MR) is 105 cm³/mol. The highest BCUT2D eigenvalue weighted by Crippen LogP contribution is 2.23. The molecule has 0 amide bonds. The van der Waals surface area contributed by atoms with Crippen molar-refractivity contribution in [2.24, 2.45) is 0 Å². The quantitative estimate of drug-likeness (QED) is 0.700. The molecular formula is C19H40N4O2. The lowest BCUT2D eigenvalue weighted by Crippen LogP contribution is -2.49. The van der Waals surface area contributed by atoms with Crippen molar-refractivity contribution in [1.82, 2.24) is 19.6 Å². The van der Waals surface area contributed by atoms with Crippen molar-refractivity contribution in [2.45, 2.75) is 38.1 Å². The molecule has 0 aromatic carbocycles. The lowest BCUT2D eigenvalue weighted by atomic mass is 9.94. The zero-order valence-corrected chi connectivity index (χ0v) is 16.8. The molecule has 2 heterocycles. The second-order valence-electron chi connectivity index (χ2n) is 7.24. The molecule has 0 unspecified atom stereocenters. The molecule has 0 aromatic heterocycles. The van der Waals surface area contributed by atoms with Gasteiger partial charge in [-0.15, -0.1) is 0 Å². The van der Waals surface area contributed by atoms with E-state index >= 15 is 0 Å². The van der Waals surface area contributed by atoms with Crippen molar-refractivity contribution < 1.29 is 9.59 Å². The van der Waals surface area contributed by atoms with Crippen LogP contribution in [0.25, 0.3) is 0 Å². The average molecular weight is 357 g/mol. The highest BCUT2D eigenvalue weighted by molar-refractivity contribution is 5.11. The van der Waals surface area contributed by atoms with E-state index in [4.69, 9.17) is 9.59 Å². The van der Waals surface area contributed by atoms with Crippen molar-refractivity contribution in [2.75, 3.05) is 73.5 Å². The van der Waals surface area contributed by atoms with Gasteiger partial charge in [0.25, 0.3) is 0 Å². The number of likely N-dealkylation sites (N-methyl/N-ethyl adjacent to an activating group) is 3. The van der Waals surface area contributed by atoms with Crippen LogP contribution in [-0.2, 0) is 9.59 Å². The topological polar surface area (TPSA) is 47.1 Å². The molecule has 6 nitrogen and oxygen atoms in total. The summed E-state index contributed by atoms with van der Waals surface area (Å²) in [4.78, 5) is 25.9. The maximum absolute atomic E-state index is 8.00. The van der Waals surface area contributed by atoms with Gasteiger partial charge in [0.05, 0.1) is 0 Å². The number of carbonyl (C=O) groups excluding carboxylic acids is 2. The second-order valence-corrected chi connectivity index (χ2v) is 7.24. The Hall–Kier alpha value is -0.820. The van der Waals surface area contributed by atoms with Gasteiger partial charge in [-0.05, 0) is 34.0 Å². The van der Waals surface area contributed by atoms with Gasteiger partial charge in [-0.1, -0.05) is 19.3 Å². The summed E-state index contributed by atoms with van der Waals surface area (Å²) in [5, 5.41) is 0. The normalized spacial score (nSPS) is 24.0. The van der Waals surface area contributed by atoms with Crippen LogP contribution in [0.15, 0.2) is 0 Å². The largest absolute Gasteiger partial charge is 0.307 e. The molecule has 2 saturated heterocycles. The van der Waals surface area contributed by atoms with E-state index in [1.807, 2.05) is 13.6 Å². The Bertz CT molecular complexity index is 286. The third-order valence-corrected chi connectivity index (χ3v) is 5.36. The predicted octanol–water partition coefficient (Wildman–Crippen LogP) is 1.06. The maximum atomic E-state index is 8.00. The summed E-state index contributed by atoms with van der Waals surface area (Å²) in [5.74, 6) is 0. The van der Waals surface area contributed by atoms with Gasteiger partial charge in [-0.3, -0.25) is 4.90 Å². The number of hydrogen-bond donors (Lipinski definition) is 0. The first-order chi connectivity index (χ1) is 12.1. The van der Waals surface area contributed by atoms with E-state index in [-0.39, 0.29) is 0 Å². The van der Waals surface area contributed by atoms with E-state index in [1.54, 1.807) is 0 Å². The van der Waals surface area contributed by atoms with Crippen molar-refractivity contribution in [3.63, 3.8) is 0 Å². The van der Waals surface area contributed by atoms with Crippen LogP contribution in [0.1, 0.15) is 32.1 Å². The van der Waals surface area contributed by atoms with Crippen molar-refractivity contribution in [1.29, 1.82) is 0 Å². The molecule has 3 fully saturated rings. The van der Waals surface area contributed by atoms with Crippen LogP contribution < -0.4 is 0 Å². The molecule has 6 heteroatoms. The Morgan fingerprint density at radius 2 is 0.880 bits per heavy atom. The summed E-state index contributed by atoms with van der Waals surface area (Å²) in [7, 11) is 6.58. The SMILES string of the molecule is C=O.C=O.CN1CCN(C)CC1.CN1CCN(C2CCCCC2)CC1. The summed E-state index contributed by atoms with van der Waals surface area (Å²) in [6.45, 7) is 14.1. The molecule has 1 saturated carbocycles. The molecule has 1 aliphatic carbocycles. The van der Waals surface area contributed by atoms with E-state index in [2.05, 4.69) is 40.7 Å². The van der Waals surface area contributed by atoms with Crippen LogP contribution in [0.3, 0.4) is 0 Å². The zero-order valence-electron chi connectivity index (χ0n) is 16.8. The molecule has 0 aromatic rings. The zero-order chi connectivity index (χ0) is 19.1. The van der Waals surface area contributed by atoms with Crippen LogP contribution in [0.4, 0.5) is 0 Å². The number of carbonyl (C=O) groups is 2. The molecule has 0 atom stereocenters. The van der Waals surface area contributed by atoms with E-state index in [0.29, 0.717) is 0 Å². The lowest BCUT2D eigenvalue weighted by molar-refractivity contribution is -0.0987. The maximum Gasteiger partial charge on any atom is 0.106 e. The minimum atomic E-state index is 0.933. The first-order valence-corrected chi connectivity index (χ1v) is 9.52. The number of piperazine rings is 2. The Balaban J connectivity index is 0.000000414. The molecule has 0 bridgehead atoms. The number of hydrogen-bond acceptors (Lipinski definition) is 6. The summed E-state index contributed by atoms with van der Waals surface area (Å²) in [6.07, 6.45) is 7.34. The third kappa shape index (κ3) is 10.7. The van der Waals surface area contributed by atoms with Gasteiger partial charge in [0.2, 0.25) is 0 Å². The van der Waals surface area contributed by atoms with E-state index in [0.717, 1.165) is 6.04 Å². The highest BCUT2D eigenvalue weighted by atomic mass is 16.1. The van der Waals surface area contributed by atoms with E-state index in [9.17, 15) is 0 Å². The molecular weight excluding hydrogens is 316 g/mol. The second kappa shape index (κ2) is 15.4. The van der Waals surface area contributed by atoms with E-state index in [1.165, 1.54) is 84.5 Å². The summed E-state index contributed by atoms with van der Waals surface area (Å²) in [6, 6.07) is 0.933. The van der Waals surface area contributed by atoms with Gasteiger partial charge in [0.1, 0.15) is 13.6 Å². The van der Waals surface area contributed by atoms with Crippen LogP contribution in [0.2, 0.25) is 0 Å². The van der Waals surface area contributed by atoms with Crippen LogP contribution >= 0.6 is 0 Å². The van der Waals surface area contributed by atoms with E-state index < -0.39 is 0 Å². The lowest BCUT2D eigenvalue weighted by Gasteiger charge is -2.39. The highest BCUT2D eigenvalue weighted by Gasteiger charge is 2.23. The Kier molecular flexibility index (Phi) is 14.9. The molecule has 0 N–H and O–H groups in total. The standard InChI is InChI=1S/C11H22N2.C6H14N2.2CH2O/c1-12-7-9-13(10-8-12)11-5-3-2-4-6-11;1-7-3-5-8(2)6-4-7;2*1-2/h11H,2-10H2,1H3;3-6H2,1-2H3;2*1H2. The monoisotopic (exact) mass is 356 g/mol. The fourth-order valence-electron chi connectivity index (χ4n) is 3.54. The first-order valence-electron chi connectivity index (χ1n) is 9.52. The van der Waals surface area contributed by atoms with Crippen molar-refractivity contribution >= 4 is 13.6 Å².